The fourth-order valence-electron chi connectivity index (χ4n) is 2.14. The van der Waals surface area contributed by atoms with Crippen molar-refractivity contribution in [2.24, 2.45) is 5.92 Å². The Bertz CT molecular complexity index is 605. The molecule has 1 aromatic carbocycles. The highest BCUT2D eigenvalue weighted by Crippen LogP contribution is 2.21. The van der Waals surface area contributed by atoms with Crippen LogP contribution in [0.15, 0.2) is 24.5 Å². The summed E-state index contributed by atoms with van der Waals surface area (Å²) in [5, 5.41) is 14.0. The Labute approximate surface area is 115 Å². The number of tetrazole rings is 1. The van der Waals surface area contributed by atoms with Crippen molar-refractivity contribution in [3.05, 3.63) is 30.1 Å². The second-order valence-electron chi connectivity index (χ2n) is 4.80. The molecule has 1 fully saturated rings. The smallest absolute Gasteiger partial charge is 0.229 e. The van der Waals surface area contributed by atoms with Gasteiger partial charge in [0.1, 0.15) is 6.33 Å². The molecule has 1 amide bonds. The third kappa shape index (κ3) is 2.53. The number of aromatic nitrogens is 4. The highest BCUT2D eigenvalue weighted by atomic mass is 16.5. The first-order valence-corrected chi connectivity index (χ1v) is 6.46. The van der Waals surface area contributed by atoms with Crippen molar-refractivity contribution in [1.82, 2.24) is 20.2 Å². The minimum atomic E-state index is -0.0638. The van der Waals surface area contributed by atoms with Crippen LogP contribution in [0.2, 0.25) is 0 Å². The Morgan fingerprint density at radius 2 is 2.40 bits per heavy atom. The normalized spacial score (nSPS) is 18.1. The van der Waals surface area contributed by atoms with Crippen LogP contribution in [-0.4, -0.2) is 39.3 Å². The van der Waals surface area contributed by atoms with Gasteiger partial charge in [-0.2, -0.15) is 0 Å². The third-order valence-electron chi connectivity index (χ3n) is 3.39. The number of hydrogen-bond donors (Lipinski definition) is 1. The van der Waals surface area contributed by atoms with Crippen molar-refractivity contribution in [1.29, 1.82) is 0 Å². The summed E-state index contributed by atoms with van der Waals surface area (Å²) < 4.78 is 6.79. The largest absolute Gasteiger partial charge is 0.381 e. The molecule has 3 rings (SSSR count). The van der Waals surface area contributed by atoms with Crippen LogP contribution in [0.5, 0.6) is 0 Å². The van der Waals surface area contributed by atoms with E-state index in [4.69, 9.17) is 4.74 Å². The molecule has 1 aromatic heterocycles. The van der Waals surface area contributed by atoms with Gasteiger partial charge in [0.2, 0.25) is 5.91 Å². The number of carbonyl (C=O) groups excluding carboxylic acids is 1. The Hall–Kier alpha value is -2.28. The van der Waals surface area contributed by atoms with Crippen LogP contribution < -0.4 is 5.32 Å². The van der Waals surface area contributed by atoms with Gasteiger partial charge in [-0.1, -0.05) is 6.07 Å². The van der Waals surface area contributed by atoms with E-state index in [0.29, 0.717) is 13.2 Å². The molecule has 1 saturated heterocycles. The zero-order valence-corrected chi connectivity index (χ0v) is 11.1. The van der Waals surface area contributed by atoms with Crippen LogP contribution in [0.4, 0.5) is 5.69 Å². The van der Waals surface area contributed by atoms with Gasteiger partial charge in [0.25, 0.3) is 0 Å². The van der Waals surface area contributed by atoms with Gasteiger partial charge in [-0.15, -0.1) is 5.10 Å². The quantitative estimate of drug-likeness (QED) is 0.900. The predicted molar refractivity (Wildman–Crippen MR) is 71.4 cm³/mol. The standard InChI is InChI=1S/C13H15N5O2/c1-9-2-3-11(18-8-14-16-17-18)6-12(9)15-13(19)10-4-5-20-7-10/h2-3,6,8,10H,4-5,7H2,1H3,(H,15,19). The van der Waals surface area contributed by atoms with E-state index in [9.17, 15) is 4.79 Å². The number of nitrogens with zero attached hydrogens (tertiary/aromatic N) is 4. The minimum absolute atomic E-state index is 0.000495. The van der Waals surface area contributed by atoms with Gasteiger partial charge >= 0.3 is 0 Å². The molecule has 1 aliphatic rings. The molecular formula is C13H15N5O2. The van der Waals surface area contributed by atoms with E-state index in [-0.39, 0.29) is 11.8 Å². The molecule has 0 spiro atoms. The number of nitrogens with one attached hydrogen (secondary N) is 1. The van der Waals surface area contributed by atoms with Crippen molar-refractivity contribution in [3.63, 3.8) is 0 Å². The number of carbonyl (C=O) groups is 1. The lowest BCUT2D eigenvalue weighted by molar-refractivity contribution is -0.119. The van der Waals surface area contributed by atoms with Gasteiger partial charge < -0.3 is 10.1 Å². The summed E-state index contributed by atoms with van der Waals surface area (Å²) in [5.41, 5.74) is 2.57. The average molecular weight is 273 g/mol. The Balaban J connectivity index is 1.81. The van der Waals surface area contributed by atoms with Crippen LogP contribution in [0, 0.1) is 12.8 Å². The molecule has 20 heavy (non-hydrogen) atoms. The van der Waals surface area contributed by atoms with E-state index in [1.54, 1.807) is 4.68 Å². The summed E-state index contributed by atoms with van der Waals surface area (Å²) in [6.07, 6.45) is 2.29. The maximum Gasteiger partial charge on any atom is 0.229 e. The van der Waals surface area contributed by atoms with Crippen LogP contribution in [-0.2, 0) is 9.53 Å². The van der Waals surface area contributed by atoms with Crippen molar-refractivity contribution in [2.45, 2.75) is 13.3 Å². The summed E-state index contributed by atoms with van der Waals surface area (Å²) in [4.78, 5) is 12.1. The SMILES string of the molecule is Cc1ccc(-n2cnnn2)cc1NC(=O)C1CCOC1. The number of amides is 1. The predicted octanol–water partition coefficient (Wildman–Crippen LogP) is 0.946. The van der Waals surface area contributed by atoms with Gasteiger partial charge in [0.15, 0.2) is 0 Å². The maximum atomic E-state index is 12.1. The second-order valence-corrected chi connectivity index (χ2v) is 4.80. The first-order valence-electron chi connectivity index (χ1n) is 6.46. The highest BCUT2D eigenvalue weighted by molar-refractivity contribution is 5.93. The average Bonchev–Trinajstić information content (AvgIpc) is 3.14. The van der Waals surface area contributed by atoms with Crippen molar-refractivity contribution in [3.8, 4) is 5.69 Å². The topological polar surface area (TPSA) is 81.9 Å². The summed E-state index contributed by atoms with van der Waals surface area (Å²) in [7, 11) is 0. The number of rotatable bonds is 3. The molecule has 0 aliphatic carbocycles. The van der Waals surface area contributed by atoms with Gasteiger partial charge in [-0.05, 0) is 41.5 Å². The molecule has 2 heterocycles. The molecular weight excluding hydrogens is 258 g/mol. The number of benzene rings is 1. The number of hydrogen-bond acceptors (Lipinski definition) is 5. The molecule has 0 bridgehead atoms. The molecule has 7 heteroatoms. The maximum absolute atomic E-state index is 12.1. The first-order chi connectivity index (χ1) is 9.74. The Morgan fingerprint density at radius 3 is 3.10 bits per heavy atom. The fourth-order valence-corrected chi connectivity index (χ4v) is 2.14. The molecule has 1 N–H and O–H groups in total. The van der Waals surface area contributed by atoms with E-state index < -0.39 is 0 Å². The first kappa shape index (κ1) is 12.7. The van der Waals surface area contributed by atoms with Crippen molar-refractivity contribution < 1.29 is 9.53 Å². The molecule has 1 aliphatic heterocycles. The van der Waals surface area contributed by atoms with Crippen molar-refractivity contribution in [2.75, 3.05) is 18.5 Å². The molecule has 104 valence electrons. The molecule has 1 atom stereocenters. The lowest BCUT2D eigenvalue weighted by Gasteiger charge is -2.12. The summed E-state index contributed by atoms with van der Waals surface area (Å²) in [5.74, 6) is -0.0643. The van der Waals surface area contributed by atoms with Gasteiger partial charge in [-0.3, -0.25) is 4.79 Å². The number of ether oxygens (including phenoxy) is 1. The number of anilines is 1. The highest BCUT2D eigenvalue weighted by Gasteiger charge is 2.23. The van der Waals surface area contributed by atoms with E-state index in [1.807, 2.05) is 25.1 Å². The second kappa shape index (κ2) is 5.38. The summed E-state index contributed by atoms with van der Waals surface area (Å²) >= 11 is 0. The van der Waals surface area contributed by atoms with Gasteiger partial charge in [0.05, 0.1) is 18.2 Å². The fraction of sp³-hybridized carbons (Fsp3) is 0.385. The van der Waals surface area contributed by atoms with E-state index in [1.165, 1.54) is 6.33 Å². The van der Waals surface area contributed by atoms with E-state index in [2.05, 4.69) is 20.8 Å². The molecule has 2 aromatic rings. The van der Waals surface area contributed by atoms with Gasteiger partial charge in [0, 0.05) is 12.3 Å². The lowest BCUT2D eigenvalue weighted by atomic mass is 10.1. The molecule has 1 unspecified atom stereocenters. The van der Waals surface area contributed by atoms with Crippen LogP contribution in [0.25, 0.3) is 5.69 Å². The van der Waals surface area contributed by atoms with E-state index in [0.717, 1.165) is 23.4 Å². The zero-order valence-electron chi connectivity index (χ0n) is 11.1. The van der Waals surface area contributed by atoms with Gasteiger partial charge in [-0.25, -0.2) is 4.68 Å². The van der Waals surface area contributed by atoms with Crippen LogP contribution in [0.3, 0.4) is 0 Å². The van der Waals surface area contributed by atoms with E-state index >= 15 is 0 Å². The third-order valence-corrected chi connectivity index (χ3v) is 3.39. The molecule has 0 saturated carbocycles. The lowest BCUT2D eigenvalue weighted by Crippen LogP contribution is -2.23. The Morgan fingerprint density at radius 1 is 1.50 bits per heavy atom. The summed E-state index contributed by atoms with van der Waals surface area (Å²) in [6, 6.07) is 5.69. The monoisotopic (exact) mass is 273 g/mol. The Kier molecular flexibility index (Phi) is 3.42. The molecule has 0 radical (unpaired) electrons. The zero-order chi connectivity index (χ0) is 13.9. The summed E-state index contributed by atoms with van der Waals surface area (Å²) in [6.45, 7) is 3.10. The van der Waals surface area contributed by atoms with Crippen LogP contribution >= 0.6 is 0 Å². The van der Waals surface area contributed by atoms with Crippen LogP contribution in [0.1, 0.15) is 12.0 Å². The molecule has 7 nitrogen and oxygen atoms in total. The van der Waals surface area contributed by atoms with Crippen molar-refractivity contribution >= 4 is 11.6 Å². The number of aryl methyl sites for hydroxylation is 1. The minimum Gasteiger partial charge on any atom is -0.381 e.